The molecule has 8 nitrogen and oxygen atoms in total. The highest BCUT2D eigenvalue weighted by molar-refractivity contribution is 6.01. The Morgan fingerprint density at radius 1 is 0.714 bits per heavy atom. The molecule has 0 saturated heterocycles. The summed E-state index contributed by atoms with van der Waals surface area (Å²) in [7, 11) is 0. The topological polar surface area (TPSA) is 99.1 Å². The minimum atomic E-state index is -0.870. The van der Waals surface area contributed by atoms with Crippen LogP contribution in [0.4, 0.5) is 0 Å². The number of rotatable bonds is 2. The number of hydrogen-bond acceptors (Lipinski definition) is 6. The molecule has 2 aliphatic heterocycles. The summed E-state index contributed by atoms with van der Waals surface area (Å²) in [5, 5.41) is 49.3. The maximum absolute atomic E-state index is 13.0. The third-order valence-corrected chi connectivity index (χ3v) is 7.23. The molecule has 0 fully saturated rings. The van der Waals surface area contributed by atoms with E-state index in [-0.39, 0.29) is 11.7 Å². The quantitative estimate of drug-likeness (QED) is 0.595. The van der Waals surface area contributed by atoms with Gasteiger partial charge >= 0.3 is 11.7 Å². The molecule has 0 unspecified atom stereocenters. The summed E-state index contributed by atoms with van der Waals surface area (Å²) in [4.78, 5) is 0. The molecule has 0 spiro atoms. The smallest absolute Gasteiger partial charge is 0.313 e. The van der Waals surface area contributed by atoms with E-state index in [2.05, 4.69) is 0 Å². The summed E-state index contributed by atoms with van der Waals surface area (Å²) < 4.78 is 1.59. The maximum atomic E-state index is 13.0. The van der Waals surface area contributed by atoms with E-state index in [9.17, 15) is 20.8 Å². The second kappa shape index (κ2) is 5.61. The molecule has 2 aliphatic rings. The van der Waals surface area contributed by atoms with Crippen LogP contribution in [0.1, 0.15) is 66.5 Å². The Kier molecular flexibility index (Phi) is 4.09. The minimum Gasteiger partial charge on any atom is -0.714 e. The molecular formula is C20H30N4O4. The van der Waals surface area contributed by atoms with Gasteiger partial charge < -0.3 is 10.4 Å². The van der Waals surface area contributed by atoms with Crippen LogP contribution in [0, 0.1) is 10.4 Å². The lowest BCUT2D eigenvalue weighted by Crippen LogP contribution is -2.53. The standard InChI is InChI=1S/C20H30N4O4/c1-17(2)18(3,4)22(26)15(21(17)25)13-10-9-11-14(12-13)16-23(27)19(5,6)20(7,8)24(16)28/h9-12,25,27H,1-8H3. The highest BCUT2D eigenvalue weighted by atomic mass is 16.5. The lowest BCUT2D eigenvalue weighted by atomic mass is 9.84. The summed E-state index contributed by atoms with van der Waals surface area (Å²) in [5.41, 5.74) is -2.46. The third-order valence-electron chi connectivity index (χ3n) is 7.23. The Hall–Kier alpha value is -2.32. The van der Waals surface area contributed by atoms with E-state index < -0.39 is 22.2 Å². The van der Waals surface area contributed by atoms with Crippen molar-refractivity contribution in [1.29, 1.82) is 0 Å². The predicted molar refractivity (Wildman–Crippen MR) is 105 cm³/mol. The first-order valence-electron chi connectivity index (χ1n) is 9.38. The maximum Gasteiger partial charge on any atom is 0.313 e. The van der Waals surface area contributed by atoms with E-state index in [0.29, 0.717) is 11.1 Å². The van der Waals surface area contributed by atoms with E-state index in [1.807, 2.05) is 0 Å². The van der Waals surface area contributed by atoms with Gasteiger partial charge in [-0.25, -0.2) is 10.4 Å². The van der Waals surface area contributed by atoms with Gasteiger partial charge in [0, 0.05) is 0 Å². The van der Waals surface area contributed by atoms with Crippen molar-refractivity contribution in [3.8, 4) is 0 Å². The Labute approximate surface area is 165 Å². The van der Waals surface area contributed by atoms with Gasteiger partial charge in [-0.2, -0.15) is 0 Å². The molecule has 0 atom stereocenters. The fourth-order valence-electron chi connectivity index (χ4n) is 3.52. The summed E-state index contributed by atoms with van der Waals surface area (Å²) >= 11 is 0. The summed E-state index contributed by atoms with van der Waals surface area (Å²) in [6, 6.07) is 6.74. The normalized spacial score (nSPS) is 25.1. The van der Waals surface area contributed by atoms with Crippen LogP contribution in [0.15, 0.2) is 24.3 Å². The Bertz CT molecular complexity index is 830. The van der Waals surface area contributed by atoms with Gasteiger partial charge in [-0.1, -0.05) is 6.07 Å². The van der Waals surface area contributed by atoms with Crippen LogP contribution in [0.3, 0.4) is 0 Å². The van der Waals surface area contributed by atoms with Crippen molar-refractivity contribution in [2.75, 3.05) is 0 Å². The predicted octanol–water partition coefficient (Wildman–Crippen LogP) is 2.72. The molecule has 154 valence electrons. The molecule has 8 heteroatoms. The molecule has 0 aromatic heterocycles. The largest absolute Gasteiger partial charge is 0.714 e. The molecular weight excluding hydrogens is 360 g/mol. The second-order valence-electron chi connectivity index (χ2n) is 9.68. The van der Waals surface area contributed by atoms with E-state index in [0.717, 1.165) is 19.6 Å². The number of hydrogen-bond donors (Lipinski definition) is 2. The summed E-state index contributed by atoms with van der Waals surface area (Å²) in [6.07, 6.45) is 0. The van der Waals surface area contributed by atoms with Crippen molar-refractivity contribution >= 4 is 11.7 Å². The molecule has 0 amide bonds. The van der Waals surface area contributed by atoms with E-state index >= 15 is 0 Å². The van der Waals surface area contributed by atoms with Crippen molar-refractivity contribution in [2.45, 2.75) is 77.5 Å². The van der Waals surface area contributed by atoms with Crippen LogP contribution in [-0.2, 0) is 0 Å². The first-order valence-corrected chi connectivity index (χ1v) is 9.38. The lowest BCUT2D eigenvalue weighted by Gasteiger charge is -2.33. The van der Waals surface area contributed by atoms with Gasteiger partial charge in [-0.3, -0.25) is 9.48 Å². The molecule has 0 radical (unpaired) electrons. The zero-order valence-electron chi connectivity index (χ0n) is 17.8. The number of benzene rings is 1. The average molecular weight is 390 g/mol. The molecule has 2 N–H and O–H groups in total. The van der Waals surface area contributed by atoms with E-state index in [4.69, 9.17) is 0 Å². The lowest BCUT2D eigenvalue weighted by molar-refractivity contribution is -0.539. The first-order chi connectivity index (χ1) is 12.6. The van der Waals surface area contributed by atoms with Crippen LogP contribution in [0.2, 0.25) is 0 Å². The molecule has 2 heterocycles. The SMILES string of the molecule is CC1(C)N(O)C(c2cccc(C3=[N+]([O-])C(C)(C)C(C)(C)N3O)c2)=[N+]([O-])C1(C)C. The Morgan fingerprint density at radius 3 is 1.29 bits per heavy atom. The van der Waals surface area contributed by atoms with Crippen LogP contribution in [0.5, 0.6) is 0 Å². The van der Waals surface area contributed by atoms with Crippen molar-refractivity contribution in [3.05, 3.63) is 45.8 Å². The summed E-state index contributed by atoms with van der Waals surface area (Å²) in [5.74, 6) is 0.215. The van der Waals surface area contributed by atoms with E-state index in [1.165, 1.54) is 0 Å². The number of hydroxylamine groups is 6. The molecule has 0 aliphatic carbocycles. The van der Waals surface area contributed by atoms with Gasteiger partial charge in [0.05, 0.1) is 11.1 Å². The zero-order valence-corrected chi connectivity index (χ0v) is 17.8. The third kappa shape index (κ3) is 2.24. The van der Waals surface area contributed by atoms with Crippen LogP contribution < -0.4 is 0 Å². The van der Waals surface area contributed by atoms with Crippen LogP contribution in [-0.4, -0.2) is 63.8 Å². The molecule has 0 saturated carbocycles. The Morgan fingerprint density at radius 2 is 1.04 bits per heavy atom. The molecule has 1 aromatic carbocycles. The first kappa shape index (κ1) is 20.4. The van der Waals surface area contributed by atoms with Gasteiger partial charge in [0.1, 0.15) is 11.1 Å². The number of nitrogens with zero attached hydrogens (tertiary/aromatic N) is 4. The fraction of sp³-hybridized carbons (Fsp3) is 0.600. The highest BCUT2D eigenvalue weighted by Crippen LogP contribution is 2.39. The van der Waals surface area contributed by atoms with Crippen LogP contribution in [0.25, 0.3) is 0 Å². The van der Waals surface area contributed by atoms with Crippen molar-refractivity contribution < 1.29 is 19.9 Å². The van der Waals surface area contributed by atoms with Gasteiger partial charge in [-0.15, -0.1) is 10.1 Å². The minimum absolute atomic E-state index is 0.107. The molecule has 1 aromatic rings. The number of amidine groups is 2. The average Bonchev–Trinajstić information content (AvgIpc) is 2.79. The van der Waals surface area contributed by atoms with Crippen molar-refractivity contribution in [1.82, 2.24) is 10.1 Å². The van der Waals surface area contributed by atoms with Crippen molar-refractivity contribution in [3.63, 3.8) is 0 Å². The fourth-order valence-corrected chi connectivity index (χ4v) is 3.52. The highest BCUT2D eigenvalue weighted by Gasteiger charge is 2.60. The molecule has 28 heavy (non-hydrogen) atoms. The van der Waals surface area contributed by atoms with Gasteiger partial charge in [0.2, 0.25) is 0 Å². The molecule has 0 bridgehead atoms. The van der Waals surface area contributed by atoms with Crippen molar-refractivity contribution in [2.24, 2.45) is 0 Å². The van der Waals surface area contributed by atoms with Gasteiger partial charge in [0.25, 0.3) is 0 Å². The monoisotopic (exact) mass is 390 g/mol. The molecule has 3 rings (SSSR count). The zero-order chi connectivity index (χ0) is 21.4. The van der Waals surface area contributed by atoms with Crippen LogP contribution >= 0.6 is 0 Å². The second-order valence-corrected chi connectivity index (χ2v) is 9.68. The van der Waals surface area contributed by atoms with E-state index in [1.54, 1.807) is 79.7 Å². The van der Waals surface area contributed by atoms with Gasteiger partial charge in [-0.05, 0) is 73.6 Å². The van der Waals surface area contributed by atoms with Gasteiger partial charge in [0.15, 0.2) is 11.1 Å². The summed E-state index contributed by atoms with van der Waals surface area (Å²) in [6.45, 7) is 14.2. The Balaban J connectivity index is 2.16.